The Balaban J connectivity index is 1.50. The zero-order chi connectivity index (χ0) is 19.8. The van der Waals surface area contributed by atoms with E-state index < -0.39 is 0 Å². The van der Waals surface area contributed by atoms with Gasteiger partial charge in [-0.05, 0) is 37.6 Å². The van der Waals surface area contributed by atoms with Crippen molar-refractivity contribution < 1.29 is 9.53 Å². The number of anilines is 1. The first-order valence-corrected chi connectivity index (χ1v) is 9.43. The summed E-state index contributed by atoms with van der Waals surface area (Å²) in [4.78, 5) is 12.2. The summed E-state index contributed by atoms with van der Waals surface area (Å²) in [6, 6.07) is 24.0. The Morgan fingerprint density at radius 2 is 1.46 bits per heavy atom. The maximum Gasteiger partial charge on any atom is 0.262 e. The Morgan fingerprint density at radius 1 is 0.821 bits per heavy atom. The van der Waals surface area contributed by atoms with E-state index in [0.717, 1.165) is 29.1 Å². The highest BCUT2D eigenvalue weighted by Gasteiger charge is 2.07. The highest BCUT2D eigenvalue weighted by Crippen LogP contribution is 2.18. The first-order valence-electron chi connectivity index (χ1n) is 9.43. The van der Waals surface area contributed by atoms with Crippen molar-refractivity contribution >= 4 is 11.6 Å². The Kier molecular flexibility index (Phi) is 6.82. The fraction of sp³-hybridized carbons (Fsp3) is 0.208. The van der Waals surface area contributed by atoms with Crippen LogP contribution in [0.15, 0.2) is 72.8 Å². The summed E-state index contributed by atoms with van der Waals surface area (Å²) in [5.74, 6) is 0.546. The molecule has 3 aromatic carbocycles. The van der Waals surface area contributed by atoms with Gasteiger partial charge in [0.05, 0.1) is 0 Å². The van der Waals surface area contributed by atoms with Crippen LogP contribution in [0.4, 0.5) is 5.69 Å². The van der Waals surface area contributed by atoms with E-state index in [4.69, 9.17) is 4.74 Å². The van der Waals surface area contributed by atoms with Gasteiger partial charge in [0.1, 0.15) is 5.75 Å². The number of amides is 1. The molecule has 28 heavy (non-hydrogen) atoms. The molecule has 3 aromatic rings. The van der Waals surface area contributed by atoms with Gasteiger partial charge in [0.2, 0.25) is 0 Å². The highest BCUT2D eigenvalue weighted by molar-refractivity contribution is 5.91. The zero-order valence-corrected chi connectivity index (χ0v) is 16.4. The predicted octanol–water partition coefficient (Wildman–Crippen LogP) is 4.61. The lowest BCUT2D eigenvalue weighted by Crippen LogP contribution is -2.21. The standard InChI is InChI=1S/C24H26N2O2/c1-18-7-11-20(12-8-18)15-25-16-21-5-3-4-6-23(21)28-17-24(27)26-22-13-9-19(2)10-14-22/h3-14,25H,15-17H2,1-2H3,(H,26,27). The average molecular weight is 374 g/mol. The molecule has 0 aromatic heterocycles. The number of aryl methyl sites for hydroxylation is 2. The molecule has 4 heteroatoms. The molecule has 0 heterocycles. The van der Waals surface area contributed by atoms with Crippen molar-refractivity contribution in [1.29, 1.82) is 0 Å². The Morgan fingerprint density at radius 3 is 2.18 bits per heavy atom. The molecule has 0 bridgehead atoms. The first-order chi connectivity index (χ1) is 13.6. The molecular weight excluding hydrogens is 348 g/mol. The number of hydrogen-bond acceptors (Lipinski definition) is 3. The summed E-state index contributed by atoms with van der Waals surface area (Å²) in [6.45, 7) is 5.52. The molecule has 3 rings (SSSR count). The third kappa shape index (κ3) is 5.96. The molecular formula is C24H26N2O2. The second-order valence-corrected chi connectivity index (χ2v) is 6.90. The van der Waals surface area contributed by atoms with Crippen LogP contribution in [0.2, 0.25) is 0 Å². The topological polar surface area (TPSA) is 50.4 Å². The number of benzene rings is 3. The average Bonchev–Trinajstić information content (AvgIpc) is 2.70. The summed E-state index contributed by atoms with van der Waals surface area (Å²) in [5, 5.41) is 6.28. The van der Waals surface area contributed by atoms with Gasteiger partial charge in [-0.15, -0.1) is 0 Å². The van der Waals surface area contributed by atoms with Crippen LogP contribution in [0, 0.1) is 13.8 Å². The van der Waals surface area contributed by atoms with Crippen molar-refractivity contribution in [2.45, 2.75) is 26.9 Å². The van der Waals surface area contributed by atoms with E-state index in [2.05, 4.69) is 41.8 Å². The molecule has 2 N–H and O–H groups in total. The summed E-state index contributed by atoms with van der Waals surface area (Å²) in [6.07, 6.45) is 0. The molecule has 0 unspecified atom stereocenters. The van der Waals surface area contributed by atoms with E-state index in [9.17, 15) is 4.79 Å². The Bertz CT molecular complexity index is 903. The van der Waals surface area contributed by atoms with E-state index in [1.807, 2.05) is 55.5 Å². The van der Waals surface area contributed by atoms with Crippen LogP contribution >= 0.6 is 0 Å². The van der Waals surface area contributed by atoms with Gasteiger partial charge in [-0.3, -0.25) is 4.79 Å². The quantitative estimate of drug-likeness (QED) is 0.605. The second kappa shape index (κ2) is 9.72. The van der Waals surface area contributed by atoms with E-state index >= 15 is 0 Å². The lowest BCUT2D eigenvalue weighted by Gasteiger charge is -2.12. The van der Waals surface area contributed by atoms with Crippen LogP contribution < -0.4 is 15.4 Å². The minimum absolute atomic E-state index is 0.0249. The van der Waals surface area contributed by atoms with Crippen LogP contribution in [0.1, 0.15) is 22.3 Å². The van der Waals surface area contributed by atoms with Gasteiger partial charge in [-0.1, -0.05) is 65.7 Å². The van der Waals surface area contributed by atoms with Gasteiger partial charge in [0.25, 0.3) is 5.91 Å². The third-order valence-electron chi connectivity index (χ3n) is 4.43. The molecule has 0 saturated carbocycles. The molecule has 0 radical (unpaired) electrons. The van der Waals surface area contributed by atoms with Crippen molar-refractivity contribution in [3.05, 3.63) is 95.1 Å². The lowest BCUT2D eigenvalue weighted by atomic mass is 10.1. The molecule has 0 aliphatic rings. The Hall–Kier alpha value is -3.11. The maximum atomic E-state index is 12.2. The minimum atomic E-state index is -0.175. The molecule has 144 valence electrons. The summed E-state index contributed by atoms with van der Waals surface area (Å²) >= 11 is 0. The van der Waals surface area contributed by atoms with Crippen molar-refractivity contribution in [3.63, 3.8) is 0 Å². The van der Waals surface area contributed by atoms with E-state index in [-0.39, 0.29) is 12.5 Å². The fourth-order valence-corrected chi connectivity index (χ4v) is 2.82. The molecule has 0 atom stereocenters. The summed E-state index contributed by atoms with van der Waals surface area (Å²) in [5.41, 5.74) is 5.44. The first kappa shape index (κ1) is 19.6. The van der Waals surface area contributed by atoms with Crippen molar-refractivity contribution in [3.8, 4) is 5.75 Å². The van der Waals surface area contributed by atoms with Gasteiger partial charge in [0, 0.05) is 24.3 Å². The Labute approximate surface area is 166 Å². The van der Waals surface area contributed by atoms with Crippen LogP contribution in [0.25, 0.3) is 0 Å². The molecule has 0 aliphatic carbocycles. The van der Waals surface area contributed by atoms with Gasteiger partial charge >= 0.3 is 0 Å². The molecule has 0 spiro atoms. The van der Waals surface area contributed by atoms with E-state index in [1.165, 1.54) is 11.1 Å². The van der Waals surface area contributed by atoms with E-state index in [1.54, 1.807) is 0 Å². The normalized spacial score (nSPS) is 10.5. The minimum Gasteiger partial charge on any atom is -0.483 e. The zero-order valence-electron chi connectivity index (χ0n) is 16.4. The second-order valence-electron chi connectivity index (χ2n) is 6.90. The smallest absolute Gasteiger partial charge is 0.262 e. The number of ether oxygens (including phenoxy) is 1. The van der Waals surface area contributed by atoms with Gasteiger partial charge < -0.3 is 15.4 Å². The lowest BCUT2D eigenvalue weighted by molar-refractivity contribution is -0.118. The van der Waals surface area contributed by atoms with Gasteiger partial charge in [0.15, 0.2) is 6.61 Å². The number of carbonyl (C=O) groups is 1. The van der Waals surface area contributed by atoms with Crippen molar-refractivity contribution in [2.75, 3.05) is 11.9 Å². The summed E-state index contributed by atoms with van der Waals surface area (Å²) < 4.78 is 5.76. The largest absolute Gasteiger partial charge is 0.483 e. The van der Waals surface area contributed by atoms with Crippen molar-refractivity contribution in [2.24, 2.45) is 0 Å². The molecule has 4 nitrogen and oxygen atoms in total. The van der Waals surface area contributed by atoms with E-state index in [0.29, 0.717) is 6.54 Å². The predicted molar refractivity (Wildman–Crippen MR) is 113 cm³/mol. The summed E-state index contributed by atoms with van der Waals surface area (Å²) in [7, 11) is 0. The SMILES string of the molecule is Cc1ccc(CNCc2ccccc2OCC(=O)Nc2ccc(C)cc2)cc1. The van der Waals surface area contributed by atoms with Gasteiger partial charge in [-0.2, -0.15) is 0 Å². The fourth-order valence-electron chi connectivity index (χ4n) is 2.82. The van der Waals surface area contributed by atoms with Crippen molar-refractivity contribution in [1.82, 2.24) is 5.32 Å². The monoisotopic (exact) mass is 374 g/mol. The number of carbonyl (C=O) groups excluding carboxylic acids is 1. The maximum absolute atomic E-state index is 12.2. The van der Waals surface area contributed by atoms with Crippen LogP contribution in [0.3, 0.4) is 0 Å². The molecule has 0 saturated heterocycles. The van der Waals surface area contributed by atoms with Gasteiger partial charge in [-0.25, -0.2) is 0 Å². The number of para-hydroxylation sites is 1. The third-order valence-corrected chi connectivity index (χ3v) is 4.43. The molecule has 0 aliphatic heterocycles. The number of nitrogens with one attached hydrogen (secondary N) is 2. The number of hydrogen-bond donors (Lipinski definition) is 2. The van der Waals surface area contributed by atoms with Crippen LogP contribution in [0.5, 0.6) is 5.75 Å². The van der Waals surface area contributed by atoms with Crippen LogP contribution in [-0.2, 0) is 17.9 Å². The highest BCUT2D eigenvalue weighted by atomic mass is 16.5. The number of rotatable bonds is 8. The van der Waals surface area contributed by atoms with Crippen LogP contribution in [-0.4, -0.2) is 12.5 Å². The molecule has 0 fully saturated rings. The molecule has 1 amide bonds.